The Balaban J connectivity index is 1.68. The molecular formula is C20H21N3O2. The quantitative estimate of drug-likeness (QED) is 0.698. The summed E-state index contributed by atoms with van der Waals surface area (Å²) in [6, 6.07) is 17.3. The van der Waals surface area contributed by atoms with E-state index < -0.39 is 0 Å². The van der Waals surface area contributed by atoms with E-state index in [1.54, 1.807) is 18.6 Å². The van der Waals surface area contributed by atoms with E-state index in [2.05, 4.69) is 10.3 Å². The number of aliphatic hydroxyl groups is 1. The van der Waals surface area contributed by atoms with Gasteiger partial charge in [0.05, 0.1) is 6.33 Å². The fraction of sp³-hybridized carbons (Fsp3) is 0.200. The van der Waals surface area contributed by atoms with E-state index in [9.17, 15) is 9.90 Å². The summed E-state index contributed by atoms with van der Waals surface area (Å²) in [5, 5.41) is 12.3. The van der Waals surface area contributed by atoms with Gasteiger partial charge in [-0.05, 0) is 30.2 Å². The van der Waals surface area contributed by atoms with Gasteiger partial charge in [0.15, 0.2) is 0 Å². The SMILES string of the molecule is O=C(NCC(CCO)c1ccccc1)c1cccc(-n2ccnc2)c1. The Kier molecular flexibility index (Phi) is 5.59. The van der Waals surface area contributed by atoms with Gasteiger partial charge < -0.3 is 15.0 Å². The van der Waals surface area contributed by atoms with E-state index in [0.29, 0.717) is 18.5 Å². The normalized spacial score (nSPS) is 11.9. The predicted molar refractivity (Wildman–Crippen MR) is 96.8 cm³/mol. The Morgan fingerprint density at radius 1 is 1.16 bits per heavy atom. The van der Waals surface area contributed by atoms with Crippen LogP contribution in [-0.2, 0) is 0 Å². The number of benzene rings is 2. The van der Waals surface area contributed by atoms with Crippen molar-refractivity contribution in [2.24, 2.45) is 0 Å². The number of aromatic nitrogens is 2. The molecule has 1 unspecified atom stereocenters. The summed E-state index contributed by atoms with van der Waals surface area (Å²) < 4.78 is 1.86. The van der Waals surface area contributed by atoms with Crippen molar-refractivity contribution >= 4 is 5.91 Å². The topological polar surface area (TPSA) is 67.2 Å². The molecule has 3 rings (SSSR count). The average Bonchev–Trinajstić information content (AvgIpc) is 3.20. The molecule has 0 saturated heterocycles. The predicted octanol–water partition coefficient (Wildman–Crippen LogP) is 2.77. The third-order valence-electron chi connectivity index (χ3n) is 4.17. The summed E-state index contributed by atoms with van der Waals surface area (Å²) >= 11 is 0. The lowest BCUT2D eigenvalue weighted by Crippen LogP contribution is -2.29. The molecule has 2 aromatic carbocycles. The fourth-order valence-corrected chi connectivity index (χ4v) is 2.81. The second-order valence-electron chi connectivity index (χ2n) is 5.85. The van der Waals surface area contributed by atoms with E-state index in [1.165, 1.54) is 0 Å². The van der Waals surface area contributed by atoms with Crippen LogP contribution < -0.4 is 5.32 Å². The van der Waals surface area contributed by atoms with Gasteiger partial charge in [0, 0.05) is 42.7 Å². The number of imidazole rings is 1. The Morgan fingerprint density at radius 2 is 2.00 bits per heavy atom. The Morgan fingerprint density at radius 3 is 2.72 bits per heavy atom. The van der Waals surface area contributed by atoms with Gasteiger partial charge >= 0.3 is 0 Å². The number of amides is 1. The fourth-order valence-electron chi connectivity index (χ4n) is 2.81. The molecule has 0 aliphatic rings. The molecular weight excluding hydrogens is 314 g/mol. The number of carbonyl (C=O) groups is 1. The van der Waals surface area contributed by atoms with Crippen molar-refractivity contribution in [2.45, 2.75) is 12.3 Å². The highest BCUT2D eigenvalue weighted by Crippen LogP contribution is 2.18. The molecule has 0 aliphatic heterocycles. The number of aliphatic hydroxyl groups excluding tert-OH is 1. The first-order chi connectivity index (χ1) is 12.3. The minimum atomic E-state index is -0.124. The van der Waals surface area contributed by atoms with Crippen LogP contribution in [0.15, 0.2) is 73.3 Å². The lowest BCUT2D eigenvalue weighted by molar-refractivity contribution is 0.0949. The van der Waals surface area contributed by atoms with Crippen molar-refractivity contribution in [3.8, 4) is 5.69 Å². The standard InChI is InChI=1S/C20H21N3O2/c24-12-9-18(16-5-2-1-3-6-16)14-22-20(25)17-7-4-8-19(13-17)23-11-10-21-15-23/h1-8,10-11,13,15,18,24H,9,12,14H2,(H,22,25). The molecule has 0 aliphatic carbocycles. The number of rotatable bonds is 7. The van der Waals surface area contributed by atoms with E-state index in [0.717, 1.165) is 11.3 Å². The Bertz CT molecular complexity index is 801. The molecule has 1 aromatic heterocycles. The molecule has 0 fully saturated rings. The van der Waals surface area contributed by atoms with Crippen LogP contribution in [0.2, 0.25) is 0 Å². The number of nitrogens with one attached hydrogen (secondary N) is 1. The van der Waals surface area contributed by atoms with Gasteiger partial charge in [-0.1, -0.05) is 36.4 Å². The third-order valence-corrected chi connectivity index (χ3v) is 4.17. The molecule has 0 saturated carbocycles. The molecule has 25 heavy (non-hydrogen) atoms. The van der Waals surface area contributed by atoms with Gasteiger partial charge in [-0.25, -0.2) is 4.98 Å². The van der Waals surface area contributed by atoms with Crippen LogP contribution in [0.4, 0.5) is 0 Å². The summed E-state index contributed by atoms with van der Waals surface area (Å²) in [4.78, 5) is 16.5. The molecule has 5 nitrogen and oxygen atoms in total. The Labute approximate surface area is 147 Å². The number of nitrogens with zero attached hydrogens (tertiary/aromatic N) is 2. The average molecular weight is 335 g/mol. The molecule has 1 heterocycles. The highest BCUT2D eigenvalue weighted by molar-refractivity contribution is 5.94. The summed E-state index contributed by atoms with van der Waals surface area (Å²) in [5.74, 6) is -0.0344. The van der Waals surface area contributed by atoms with E-state index in [1.807, 2.05) is 59.3 Å². The molecule has 0 radical (unpaired) electrons. The van der Waals surface area contributed by atoms with Crippen LogP contribution in [0.3, 0.4) is 0 Å². The zero-order chi connectivity index (χ0) is 17.5. The Hall–Kier alpha value is -2.92. The zero-order valence-electron chi connectivity index (χ0n) is 13.9. The zero-order valence-corrected chi connectivity index (χ0v) is 13.9. The number of hydrogen-bond donors (Lipinski definition) is 2. The van der Waals surface area contributed by atoms with E-state index >= 15 is 0 Å². The smallest absolute Gasteiger partial charge is 0.251 e. The van der Waals surface area contributed by atoms with Crippen LogP contribution in [-0.4, -0.2) is 33.7 Å². The molecule has 3 aromatic rings. The lowest BCUT2D eigenvalue weighted by atomic mass is 9.96. The highest BCUT2D eigenvalue weighted by atomic mass is 16.3. The largest absolute Gasteiger partial charge is 0.396 e. The summed E-state index contributed by atoms with van der Waals surface area (Å²) in [6.07, 6.45) is 5.85. The molecule has 128 valence electrons. The van der Waals surface area contributed by atoms with Gasteiger partial charge in [-0.15, -0.1) is 0 Å². The maximum Gasteiger partial charge on any atom is 0.251 e. The van der Waals surface area contributed by atoms with Gasteiger partial charge in [-0.3, -0.25) is 4.79 Å². The van der Waals surface area contributed by atoms with Crippen LogP contribution in [0.5, 0.6) is 0 Å². The molecule has 1 atom stereocenters. The number of carbonyl (C=O) groups excluding carboxylic acids is 1. The second-order valence-corrected chi connectivity index (χ2v) is 5.85. The van der Waals surface area contributed by atoms with Crippen LogP contribution >= 0.6 is 0 Å². The van der Waals surface area contributed by atoms with Crippen molar-refractivity contribution in [3.05, 3.63) is 84.4 Å². The molecule has 0 bridgehead atoms. The molecule has 5 heteroatoms. The summed E-state index contributed by atoms with van der Waals surface area (Å²) in [5.41, 5.74) is 2.60. The van der Waals surface area contributed by atoms with E-state index in [4.69, 9.17) is 0 Å². The minimum absolute atomic E-state index is 0.0888. The summed E-state index contributed by atoms with van der Waals surface area (Å²) in [7, 11) is 0. The monoisotopic (exact) mass is 335 g/mol. The highest BCUT2D eigenvalue weighted by Gasteiger charge is 2.13. The lowest BCUT2D eigenvalue weighted by Gasteiger charge is -2.17. The van der Waals surface area contributed by atoms with Gasteiger partial charge in [0.25, 0.3) is 5.91 Å². The van der Waals surface area contributed by atoms with Crippen LogP contribution in [0, 0.1) is 0 Å². The maximum absolute atomic E-state index is 12.5. The van der Waals surface area contributed by atoms with Crippen molar-refractivity contribution in [1.82, 2.24) is 14.9 Å². The van der Waals surface area contributed by atoms with Crippen molar-refractivity contribution in [3.63, 3.8) is 0 Å². The molecule has 1 amide bonds. The first-order valence-corrected chi connectivity index (χ1v) is 8.30. The second kappa shape index (κ2) is 8.26. The van der Waals surface area contributed by atoms with Crippen LogP contribution in [0.25, 0.3) is 5.69 Å². The minimum Gasteiger partial charge on any atom is -0.396 e. The van der Waals surface area contributed by atoms with Gasteiger partial charge in [0.1, 0.15) is 0 Å². The van der Waals surface area contributed by atoms with Crippen molar-refractivity contribution in [2.75, 3.05) is 13.2 Å². The van der Waals surface area contributed by atoms with E-state index in [-0.39, 0.29) is 18.4 Å². The maximum atomic E-state index is 12.5. The summed E-state index contributed by atoms with van der Waals surface area (Å²) in [6.45, 7) is 0.574. The van der Waals surface area contributed by atoms with Crippen molar-refractivity contribution < 1.29 is 9.90 Å². The molecule has 0 spiro atoms. The van der Waals surface area contributed by atoms with Gasteiger partial charge in [-0.2, -0.15) is 0 Å². The number of hydrogen-bond acceptors (Lipinski definition) is 3. The van der Waals surface area contributed by atoms with Crippen LogP contribution in [0.1, 0.15) is 28.3 Å². The van der Waals surface area contributed by atoms with Crippen molar-refractivity contribution in [1.29, 1.82) is 0 Å². The first-order valence-electron chi connectivity index (χ1n) is 8.30. The third kappa shape index (κ3) is 4.33. The van der Waals surface area contributed by atoms with Gasteiger partial charge in [0.2, 0.25) is 0 Å². The molecule has 2 N–H and O–H groups in total. The first kappa shape index (κ1) is 16.9.